The van der Waals surface area contributed by atoms with Crippen molar-refractivity contribution in [1.29, 1.82) is 0 Å². The summed E-state index contributed by atoms with van der Waals surface area (Å²) in [4.78, 5) is 15.5. The first kappa shape index (κ1) is 13.8. The lowest BCUT2D eigenvalue weighted by Crippen LogP contribution is -2.37. The number of nitrogens with one attached hydrogen (secondary N) is 1. The lowest BCUT2D eigenvalue weighted by molar-refractivity contribution is -0.125. The second kappa shape index (κ2) is 5.19. The number of halogens is 1. The number of hydrogen-bond donors (Lipinski definition) is 1. The number of hydrogen-bond acceptors (Lipinski definition) is 3. The van der Waals surface area contributed by atoms with Crippen molar-refractivity contribution in [3.8, 4) is 0 Å². The Bertz CT molecular complexity index is 372. The van der Waals surface area contributed by atoms with Gasteiger partial charge in [0, 0.05) is 12.0 Å². The predicted molar refractivity (Wildman–Crippen MR) is 73.3 cm³/mol. The molecule has 1 saturated carbocycles. The number of amides is 1. The van der Waals surface area contributed by atoms with Gasteiger partial charge in [-0.15, -0.1) is 0 Å². The summed E-state index contributed by atoms with van der Waals surface area (Å²) < 4.78 is 14.4. The highest BCUT2D eigenvalue weighted by molar-refractivity contribution is 8.16. The number of aliphatic imine (C=N–C) groups is 1. The predicted octanol–water partition coefficient (Wildman–Crippen LogP) is 3.11. The minimum absolute atomic E-state index is 0.335. The summed E-state index contributed by atoms with van der Waals surface area (Å²) in [6.07, 6.45) is 4.61. The summed E-state index contributed by atoms with van der Waals surface area (Å²) in [7, 11) is 0. The topological polar surface area (TPSA) is 41.5 Å². The summed E-state index contributed by atoms with van der Waals surface area (Å²) in [5.74, 6) is -0.309. The summed E-state index contributed by atoms with van der Waals surface area (Å²) in [6.45, 7) is 5.66. The molecular formula is C13H21FN2OS. The van der Waals surface area contributed by atoms with Crippen LogP contribution in [0.3, 0.4) is 0 Å². The number of rotatable bonds is 2. The molecule has 5 heteroatoms. The van der Waals surface area contributed by atoms with E-state index in [4.69, 9.17) is 0 Å². The van der Waals surface area contributed by atoms with E-state index in [9.17, 15) is 9.18 Å². The molecule has 0 aromatic rings. The van der Waals surface area contributed by atoms with Crippen molar-refractivity contribution in [2.24, 2.45) is 16.8 Å². The molecule has 0 spiro atoms. The molecule has 1 unspecified atom stereocenters. The van der Waals surface area contributed by atoms with Gasteiger partial charge in [-0.25, -0.2) is 4.39 Å². The third kappa shape index (κ3) is 2.71. The van der Waals surface area contributed by atoms with Crippen LogP contribution in [0, 0.1) is 11.8 Å². The Kier molecular flexibility index (Phi) is 3.99. The first-order chi connectivity index (χ1) is 8.41. The molecule has 0 aromatic heterocycles. The standard InChI is InChI=1S/C13H21FN2OS/c1-8(2)13(14)11(17)16-12(18-13)15-10-6-4-5-9(3)7-10/h8-10H,4-7H2,1-3H3,(H,15,16,17)/t9-,10+,13?/m0/s1. The van der Waals surface area contributed by atoms with Gasteiger partial charge in [-0.1, -0.05) is 33.6 Å². The summed E-state index contributed by atoms with van der Waals surface area (Å²) in [5, 5.41) is 1.84. The highest BCUT2D eigenvalue weighted by Gasteiger charge is 2.49. The molecule has 1 N–H and O–H groups in total. The Morgan fingerprint density at radius 3 is 2.78 bits per heavy atom. The van der Waals surface area contributed by atoms with Gasteiger partial charge in [-0.05, 0) is 30.5 Å². The lowest BCUT2D eigenvalue weighted by atomic mass is 9.87. The van der Waals surface area contributed by atoms with Crippen LogP contribution in [-0.2, 0) is 4.79 Å². The molecule has 0 saturated heterocycles. The molecule has 1 fully saturated rings. The first-order valence-electron chi connectivity index (χ1n) is 6.69. The maximum absolute atomic E-state index is 14.4. The molecule has 1 amide bonds. The maximum atomic E-state index is 14.4. The van der Waals surface area contributed by atoms with Gasteiger partial charge in [0.25, 0.3) is 5.91 Å². The van der Waals surface area contributed by atoms with Crippen molar-refractivity contribution in [2.75, 3.05) is 0 Å². The number of nitrogens with zero attached hydrogens (tertiary/aromatic N) is 1. The van der Waals surface area contributed by atoms with Crippen LogP contribution in [-0.4, -0.2) is 22.1 Å². The van der Waals surface area contributed by atoms with Gasteiger partial charge in [0.05, 0.1) is 0 Å². The monoisotopic (exact) mass is 272 g/mol. The number of alkyl halides is 1. The zero-order valence-corrected chi connectivity index (χ0v) is 12.0. The van der Waals surface area contributed by atoms with E-state index in [2.05, 4.69) is 17.2 Å². The molecule has 1 aliphatic heterocycles. The van der Waals surface area contributed by atoms with Crippen LogP contribution in [0.15, 0.2) is 4.99 Å². The average molecular weight is 272 g/mol. The van der Waals surface area contributed by atoms with Crippen LogP contribution in [0.1, 0.15) is 46.5 Å². The SMILES string of the molecule is CC(C)C1(F)SC(N[C@@H]2CCC[C@H](C)C2)=NC1=O. The Hall–Kier alpha value is -0.580. The first-order valence-corrected chi connectivity index (χ1v) is 7.51. The molecular weight excluding hydrogens is 251 g/mol. The second-order valence-electron chi connectivity index (χ2n) is 5.74. The van der Waals surface area contributed by atoms with E-state index in [-0.39, 0.29) is 5.92 Å². The van der Waals surface area contributed by atoms with Gasteiger partial charge in [0.1, 0.15) is 0 Å². The molecule has 0 aromatic carbocycles. The van der Waals surface area contributed by atoms with Crippen LogP contribution in [0.2, 0.25) is 0 Å². The average Bonchev–Trinajstić information content (AvgIpc) is 2.55. The zero-order valence-electron chi connectivity index (χ0n) is 11.2. The fraction of sp³-hybridized carbons (Fsp3) is 0.846. The zero-order chi connectivity index (χ0) is 13.3. The number of thioether (sulfide) groups is 1. The fourth-order valence-electron chi connectivity index (χ4n) is 2.54. The third-order valence-corrected chi connectivity index (χ3v) is 5.09. The van der Waals surface area contributed by atoms with Gasteiger partial charge < -0.3 is 5.32 Å². The quantitative estimate of drug-likeness (QED) is 0.840. The molecule has 1 aliphatic carbocycles. The minimum Gasteiger partial charge on any atom is -0.362 e. The Morgan fingerprint density at radius 1 is 1.50 bits per heavy atom. The van der Waals surface area contributed by atoms with Crippen LogP contribution in [0.4, 0.5) is 4.39 Å². The molecule has 102 valence electrons. The highest BCUT2D eigenvalue weighted by atomic mass is 32.2. The molecule has 0 radical (unpaired) electrons. The Balaban J connectivity index is 1.96. The smallest absolute Gasteiger partial charge is 0.297 e. The van der Waals surface area contributed by atoms with Crippen molar-refractivity contribution in [3.05, 3.63) is 0 Å². The van der Waals surface area contributed by atoms with Gasteiger partial charge in [-0.3, -0.25) is 4.79 Å². The Morgan fingerprint density at radius 2 is 2.22 bits per heavy atom. The van der Waals surface area contributed by atoms with Crippen molar-refractivity contribution in [1.82, 2.24) is 5.32 Å². The normalized spacial score (nSPS) is 36.9. The molecule has 3 nitrogen and oxygen atoms in total. The van der Waals surface area contributed by atoms with Gasteiger partial charge in [-0.2, -0.15) is 4.99 Å². The van der Waals surface area contributed by atoms with Gasteiger partial charge in [0.15, 0.2) is 5.17 Å². The summed E-state index contributed by atoms with van der Waals surface area (Å²) >= 11 is 0.947. The summed E-state index contributed by atoms with van der Waals surface area (Å²) in [5.41, 5.74) is 0. The number of carbonyl (C=O) groups excluding carboxylic acids is 1. The van der Waals surface area contributed by atoms with Crippen molar-refractivity contribution in [2.45, 2.75) is 57.5 Å². The van der Waals surface area contributed by atoms with Crippen molar-refractivity contribution >= 4 is 22.8 Å². The van der Waals surface area contributed by atoms with E-state index in [1.54, 1.807) is 13.8 Å². The van der Waals surface area contributed by atoms with Crippen molar-refractivity contribution in [3.63, 3.8) is 0 Å². The summed E-state index contributed by atoms with van der Waals surface area (Å²) in [6, 6.07) is 0.335. The molecule has 2 aliphatic rings. The second-order valence-corrected chi connectivity index (χ2v) is 6.92. The molecule has 2 rings (SSSR count). The lowest BCUT2D eigenvalue weighted by Gasteiger charge is -2.28. The maximum Gasteiger partial charge on any atom is 0.297 e. The van der Waals surface area contributed by atoms with E-state index in [1.807, 2.05) is 0 Å². The van der Waals surface area contributed by atoms with Gasteiger partial charge >= 0.3 is 0 Å². The van der Waals surface area contributed by atoms with Crippen LogP contribution in [0.25, 0.3) is 0 Å². The van der Waals surface area contributed by atoms with Crippen LogP contribution >= 0.6 is 11.8 Å². The molecule has 18 heavy (non-hydrogen) atoms. The fourth-order valence-corrected chi connectivity index (χ4v) is 3.55. The third-order valence-electron chi connectivity index (χ3n) is 3.75. The Labute approximate surface area is 112 Å². The van der Waals surface area contributed by atoms with Crippen molar-refractivity contribution < 1.29 is 9.18 Å². The van der Waals surface area contributed by atoms with Crippen LogP contribution < -0.4 is 5.32 Å². The highest BCUT2D eigenvalue weighted by Crippen LogP contribution is 2.41. The van der Waals surface area contributed by atoms with E-state index in [0.717, 1.165) is 24.6 Å². The van der Waals surface area contributed by atoms with Gasteiger partial charge in [0.2, 0.25) is 5.00 Å². The van der Waals surface area contributed by atoms with E-state index >= 15 is 0 Å². The van der Waals surface area contributed by atoms with Crippen LogP contribution in [0.5, 0.6) is 0 Å². The molecule has 0 bridgehead atoms. The van der Waals surface area contributed by atoms with E-state index in [1.165, 1.54) is 12.8 Å². The van der Waals surface area contributed by atoms with E-state index < -0.39 is 10.9 Å². The number of amidine groups is 1. The number of carbonyl (C=O) groups is 1. The largest absolute Gasteiger partial charge is 0.362 e. The van der Waals surface area contributed by atoms with E-state index in [0.29, 0.717) is 17.1 Å². The molecule has 3 atom stereocenters. The minimum atomic E-state index is -1.87. The molecule has 1 heterocycles.